The van der Waals surface area contributed by atoms with Crippen LogP contribution in [-0.4, -0.2) is 23.4 Å². The summed E-state index contributed by atoms with van der Waals surface area (Å²) in [5.74, 6) is -0.0734. The molecular weight excluding hydrogens is 396 g/mol. The van der Waals surface area contributed by atoms with Gasteiger partial charge in [0.05, 0.1) is 0 Å². The molecule has 32 heavy (non-hydrogen) atoms. The van der Waals surface area contributed by atoms with Gasteiger partial charge in [-0.15, -0.1) is 0 Å². The van der Waals surface area contributed by atoms with E-state index >= 15 is 0 Å². The topological polar surface area (TPSA) is 61.7 Å². The molecule has 1 aliphatic rings. The summed E-state index contributed by atoms with van der Waals surface area (Å²) in [4.78, 5) is 12.1. The Labute approximate surface area is 190 Å². The first kappa shape index (κ1) is 22.1. The van der Waals surface area contributed by atoms with Crippen molar-refractivity contribution in [1.82, 2.24) is 5.32 Å². The van der Waals surface area contributed by atoms with Crippen LogP contribution in [0, 0.1) is 0 Å². The third-order valence-electron chi connectivity index (χ3n) is 6.94. The third-order valence-corrected chi connectivity index (χ3v) is 6.94. The molecule has 0 bridgehead atoms. The average molecular weight is 429 g/mol. The lowest BCUT2D eigenvalue weighted by atomic mass is 9.63. The summed E-state index contributed by atoms with van der Waals surface area (Å²) in [6.45, 7) is 11.7. The molecule has 0 aromatic heterocycles. The standard InChI is InChI=1S/C28H32N2O2/c1-6-29-26(31)22-10-8-18-15-20(9-7-19(18)16-22)25(30-32)21-11-12-23-24(17-21)28(4,5)14-13-27(23,2)3/h7-12,15-17,32H,6,13-14H2,1-5H3,(H,29,31). The number of nitrogens with one attached hydrogen (secondary N) is 1. The van der Waals surface area contributed by atoms with Crippen LogP contribution in [0.4, 0.5) is 0 Å². The van der Waals surface area contributed by atoms with E-state index in [1.54, 1.807) is 0 Å². The molecule has 0 unspecified atom stereocenters. The van der Waals surface area contributed by atoms with Crippen molar-refractivity contribution in [2.24, 2.45) is 5.16 Å². The van der Waals surface area contributed by atoms with Gasteiger partial charge in [0.2, 0.25) is 0 Å². The third kappa shape index (κ3) is 3.90. The molecule has 4 rings (SSSR count). The zero-order valence-corrected chi connectivity index (χ0v) is 19.6. The summed E-state index contributed by atoms with van der Waals surface area (Å²) < 4.78 is 0. The lowest BCUT2D eigenvalue weighted by molar-refractivity contribution is 0.0956. The quantitative estimate of drug-likeness (QED) is 0.297. The van der Waals surface area contributed by atoms with E-state index in [1.807, 2.05) is 43.3 Å². The monoisotopic (exact) mass is 428 g/mol. The van der Waals surface area contributed by atoms with Crippen molar-refractivity contribution in [2.45, 2.75) is 58.3 Å². The van der Waals surface area contributed by atoms with Gasteiger partial charge in [0.25, 0.3) is 5.91 Å². The van der Waals surface area contributed by atoms with Crippen molar-refractivity contribution in [3.63, 3.8) is 0 Å². The van der Waals surface area contributed by atoms with Crippen LogP contribution in [0.2, 0.25) is 0 Å². The molecule has 3 aromatic carbocycles. The van der Waals surface area contributed by atoms with E-state index in [2.05, 4.69) is 56.4 Å². The maximum absolute atomic E-state index is 12.1. The second kappa shape index (κ2) is 8.09. The van der Waals surface area contributed by atoms with E-state index in [4.69, 9.17) is 0 Å². The second-order valence-electron chi connectivity index (χ2n) is 10.1. The zero-order valence-electron chi connectivity index (χ0n) is 19.6. The highest BCUT2D eigenvalue weighted by Crippen LogP contribution is 2.46. The number of fused-ring (bicyclic) bond motifs is 2. The van der Waals surface area contributed by atoms with Crippen molar-refractivity contribution in [2.75, 3.05) is 6.54 Å². The van der Waals surface area contributed by atoms with Gasteiger partial charge in [-0.25, -0.2) is 0 Å². The highest BCUT2D eigenvalue weighted by atomic mass is 16.4. The normalized spacial score (nSPS) is 17.1. The van der Waals surface area contributed by atoms with Crippen LogP contribution < -0.4 is 5.32 Å². The van der Waals surface area contributed by atoms with E-state index in [0.29, 0.717) is 17.8 Å². The maximum atomic E-state index is 12.1. The van der Waals surface area contributed by atoms with Gasteiger partial charge >= 0.3 is 0 Å². The Hall–Kier alpha value is -3.14. The Balaban J connectivity index is 1.74. The van der Waals surface area contributed by atoms with Crippen LogP contribution in [-0.2, 0) is 10.8 Å². The van der Waals surface area contributed by atoms with Crippen molar-refractivity contribution < 1.29 is 10.0 Å². The Morgan fingerprint density at radius 1 is 0.844 bits per heavy atom. The van der Waals surface area contributed by atoms with E-state index < -0.39 is 0 Å². The smallest absolute Gasteiger partial charge is 0.251 e. The van der Waals surface area contributed by atoms with Crippen LogP contribution in [0.5, 0.6) is 0 Å². The predicted molar refractivity (Wildman–Crippen MR) is 131 cm³/mol. The Bertz CT molecular complexity index is 1220. The second-order valence-corrected chi connectivity index (χ2v) is 10.1. The molecule has 0 heterocycles. The largest absolute Gasteiger partial charge is 0.410 e. The molecule has 166 valence electrons. The molecule has 3 aromatic rings. The van der Waals surface area contributed by atoms with Crippen molar-refractivity contribution in [3.05, 3.63) is 82.4 Å². The number of nitrogens with zero attached hydrogens (tertiary/aromatic N) is 1. The van der Waals surface area contributed by atoms with E-state index in [-0.39, 0.29) is 16.7 Å². The number of hydrogen-bond donors (Lipinski definition) is 2. The average Bonchev–Trinajstić information content (AvgIpc) is 2.77. The number of carbonyl (C=O) groups is 1. The lowest BCUT2D eigenvalue weighted by Gasteiger charge is -2.42. The molecule has 0 aliphatic heterocycles. The van der Waals surface area contributed by atoms with Gasteiger partial charge in [-0.2, -0.15) is 0 Å². The Morgan fingerprint density at radius 3 is 2.00 bits per heavy atom. The van der Waals surface area contributed by atoms with Gasteiger partial charge in [-0.3, -0.25) is 4.79 Å². The molecule has 4 heteroatoms. The van der Waals surface area contributed by atoms with Gasteiger partial charge in [-0.1, -0.05) is 63.2 Å². The summed E-state index contributed by atoms with van der Waals surface area (Å²) in [5.41, 5.74) is 5.90. The van der Waals surface area contributed by atoms with Gasteiger partial charge in [0.15, 0.2) is 0 Å². The van der Waals surface area contributed by atoms with E-state index in [0.717, 1.165) is 34.7 Å². The fraction of sp³-hybridized carbons (Fsp3) is 0.357. The maximum Gasteiger partial charge on any atom is 0.251 e. The first-order valence-corrected chi connectivity index (χ1v) is 11.4. The molecule has 0 fully saturated rings. The summed E-state index contributed by atoms with van der Waals surface area (Å²) in [6.07, 6.45) is 2.29. The van der Waals surface area contributed by atoms with Crippen molar-refractivity contribution in [3.8, 4) is 0 Å². The fourth-order valence-electron chi connectivity index (χ4n) is 4.82. The molecule has 1 aliphatic carbocycles. The van der Waals surface area contributed by atoms with Gasteiger partial charge < -0.3 is 10.5 Å². The van der Waals surface area contributed by atoms with Crippen LogP contribution in [0.15, 0.2) is 59.8 Å². The first-order valence-electron chi connectivity index (χ1n) is 11.4. The Kier molecular flexibility index (Phi) is 5.58. The van der Waals surface area contributed by atoms with Crippen LogP contribution in [0.25, 0.3) is 10.8 Å². The predicted octanol–water partition coefficient (Wildman–Crippen LogP) is 6.17. The number of benzene rings is 3. The number of carbonyl (C=O) groups excluding carboxylic acids is 1. The Morgan fingerprint density at radius 2 is 1.38 bits per heavy atom. The van der Waals surface area contributed by atoms with Crippen LogP contribution >= 0.6 is 0 Å². The lowest BCUT2D eigenvalue weighted by Crippen LogP contribution is -2.34. The first-order chi connectivity index (χ1) is 15.2. The minimum Gasteiger partial charge on any atom is -0.410 e. The number of hydrogen-bond acceptors (Lipinski definition) is 3. The van der Waals surface area contributed by atoms with Crippen LogP contribution in [0.3, 0.4) is 0 Å². The molecule has 4 nitrogen and oxygen atoms in total. The highest BCUT2D eigenvalue weighted by molar-refractivity contribution is 6.14. The van der Waals surface area contributed by atoms with Crippen molar-refractivity contribution in [1.29, 1.82) is 0 Å². The minimum atomic E-state index is -0.0734. The summed E-state index contributed by atoms with van der Waals surface area (Å²) in [7, 11) is 0. The number of rotatable bonds is 4. The molecular formula is C28H32N2O2. The zero-order chi connectivity index (χ0) is 23.1. The van der Waals surface area contributed by atoms with Crippen molar-refractivity contribution >= 4 is 22.4 Å². The molecule has 0 saturated carbocycles. The highest BCUT2D eigenvalue weighted by Gasteiger charge is 2.37. The molecule has 2 N–H and O–H groups in total. The van der Waals surface area contributed by atoms with Gasteiger partial charge in [-0.05, 0) is 76.8 Å². The van der Waals surface area contributed by atoms with Gasteiger partial charge in [0, 0.05) is 23.2 Å². The SMILES string of the molecule is CCNC(=O)c1ccc2cc(C(=NO)c3ccc4c(c3)C(C)(C)CCC4(C)C)ccc2c1. The van der Waals surface area contributed by atoms with E-state index in [1.165, 1.54) is 11.1 Å². The number of oxime groups is 1. The summed E-state index contributed by atoms with van der Waals surface area (Å²) in [5, 5.41) is 18.4. The summed E-state index contributed by atoms with van der Waals surface area (Å²) in [6, 6.07) is 18.1. The van der Waals surface area contributed by atoms with E-state index in [9.17, 15) is 10.0 Å². The molecule has 0 spiro atoms. The number of amides is 1. The minimum absolute atomic E-state index is 0.0734. The molecule has 0 saturated heterocycles. The fourth-order valence-corrected chi connectivity index (χ4v) is 4.82. The molecule has 0 radical (unpaired) electrons. The summed E-state index contributed by atoms with van der Waals surface area (Å²) >= 11 is 0. The molecule has 1 amide bonds. The van der Waals surface area contributed by atoms with Crippen LogP contribution in [0.1, 0.15) is 80.1 Å². The molecule has 0 atom stereocenters. The van der Waals surface area contributed by atoms with Gasteiger partial charge in [0.1, 0.15) is 5.71 Å².